The van der Waals surface area contributed by atoms with Crippen LogP contribution in [0.5, 0.6) is 0 Å². The second kappa shape index (κ2) is 5.50. The normalized spacial score (nSPS) is 12.9. The minimum Gasteiger partial charge on any atom is -0.380 e. The first-order valence-corrected chi connectivity index (χ1v) is 6.22. The topological polar surface area (TPSA) is 92.0 Å². The first kappa shape index (κ1) is 13.7. The lowest BCUT2D eigenvalue weighted by atomic mass is 10.2. The monoisotopic (exact) mass is 265 g/mol. The predicted molar refractivity (Wildman–Crippen MR) is 69.4 cm³/mol. The van der Waals surface area contributed by atoms with Crippen molar-refractivity contribution in [2.45, 2.75) is 26.8 Å². The van der Waals surface area contributed by atoms with Crippen LogP contribution in [0.15, 0.2) is 4.52 Å². The average molecular weight is 265 g/mol. The Labute approximate surface area is 111 Å². The van der Waals surface area contributed by atoms with Crippen LogP contribution in [0.3, 0.4) is 0 Å². The molecule has 0 aliphatic carbocycles. The highest BCUT2D eigenvalue weighted by Crippen LogP contribution is 2.25. The number of hydrogen-bond acceptors (Lipinski definition) is 6. The number of aryl methyl sites for hydroxylation is 2. The van der Waals surface area contributed by atoms with E-state index in [4.69, 9.17) is 15.0 Å². The fourth-order valence-corrected chi connectivity index (χ4v) is 1.89. The number of nitrogens with zero attached hydrogens (tertiary/aromatic N) is 4. The van der Waals surface area contributed by atoms with Crippen molar-refractivity contribution in [3.8, 4) is 11.5 Å². The molecule has 2 aromatic heterocycles. The molecule has 2 rings (SSSR count). The molecule has 0 fully saturated rings. The SMILES string of the molecule is CCOCC(N)c1noc(-c2c(C)nn(C)c2C)n1. The summed E-state index contributed by atoms with van der Waals surface area (Å²) < 4.78 is 12.3. The van der Waals surface area contributed by atoms with E-state index in [1.165, 1.54) is 0 Å². The van der Waals surface area contributed by atoms with Crippen molar-refractivity contribution in [1.29, 1.82) is 0 Å². The molecule has 104 valence electrons. The van der Waals surface area contributed by atoms with Gasteiger partial charge in [-0.3, -0.25) is 4.68 Å². The van der Waals surface area contributed by atoms with Gasteiger partial charge in [-0.05, 0) is 20.8 Å². The van der Waals surface area contributed by atoms with Gasteiger partial charge in [-0.2, -0.15) is 10.1 Å². The predicted octanol–water partition coefficient (Wildman–Crippen LogP) is 1.12. The lowest BCUT2D eigenvalue weighted by Crippen LogP contribution is -2.18. The van der Waals surface area contributed by atoms with E-state index in [2.05, 4.69) is 15.2 Å². The summed E-state index contributed by atoms with van der Waals surface area (Å²) in [5.74, 6) is 0.899. The number of aromatic nitrogens is 4. The Morgan fingerprint density at radius 2 is 2.16 bits per heavy atom. The van der Waals surface area contributed by atoms with Crippen molar-refractivity contribution >= 4 is 0 Å². The van der Waals surface area contributed by atoms with Gasteiger partial charge in [0.2, 0.25) is 0 Å². The third kappa shape index (κ3) is 2.66. The minimum absolute atomic E-state index is 0.375. The van der Waals surface area contributed by atoms with Crippen molar-refractivity contribution in [1.82, 2.24) is 19.9 Å². The summed E-state index contributed by atoms with van der Waals surface area (Å²) in [5.41, 5.74) is 8.62. The van der Waals surface area contributed by atoms with E-state index in [-0.39, 0.29) is 6.04 Å². The summed E-state index contributed by atoms with van der Waals surface area (Å²) in [6.07, 6.45) is 0. The molecule has 0 radical (unpaired) electrons. The standard InChI is InChI=1S/C12H19N5O2/c1-5-18-6-9(13)11-14-12(19-16-11)10-7(2)15-17(4)8(10)3/h9H,5-6,13H2,1-4H3. The lowest BCUT2D eigenvalue weighted by molar-refractivity contribution is 0.130. The van der Waals surface area contributed by atoms with Gasteiger partial charge in [0.1, 0.15) is 0 Å². The molecule has 19 heavy (non-hydrogen) atoms. The minimum atomic E-state index is -0.380. The van der Waals surface area contributed by atoms with Crippen LogP contribution in [0.1, 0.15) is 30.2 Å². The van der Waals surface area contributed by atoms with Crippen molar-refractivity contribution < 1.29 is 9.26 Å². The van der Waals surface area contributed by atoms with Gasteiger partial charge in [0, 0.05) is 19.3 Å². The maximum absolute atomic E-state index is 5.92. The number of ether oxygens (including phenoxy) is 1. The highest BCUT2D eigenvalue weighted by molar-refractivity contribution is 5.59. The van der Waals surface area contributed by atoms with Crippen LogP contribution in [-0.4, -0.2) is 33.1 Å². The quantitative estimate of drug-likeness (QED) is 0.871. The van der Waals surface area contributed by atoms with E-state index in [1.807, 2.05) is 27.8 Å². The summed E-state index contributed by atoms with van der Waals surface area (Å²) in [6, 6.07) is -0.380. The van der Waals surface area contributed by atoms with Crippen molar-refractivity contribution in [2.75, 3.05) is 13.2 Å². The molecular formula is C12H19N5O2. The number of rotatable bonds is 5. The zero-order chi connectivity index (χ0) is 14.0. The second-order valence-electron chi connectivity index (χ2n) is 4.39. The van der Waals surface area contributed by atoms with Gasteiger partial charge < -0.3 is 15.0 Å². The van der Waals surface area contributed by atoms with Crippen LogP contribution >= 0.6 is 0 Å². The average Bonchev–Trinajstić information content (AvgIpc) is 2.93. The van der Waals surface area contributed by atoms with Crippen LogP contribution in [0.25, 0.3) is 11.5 Å². The largest absolute Gasteiger partial charge is 0.380 e. The number of nitrogens with two attached hydrogens (primary N) is 1. The van der Waals surface area contributed by atoms with Gasteiger partial charge in [0.05, 0.1) is 23.9 Å². The van der Waals surface area contributed by atoms with Crippen LogP contribution in [0.4, 0.5) is 0 Å². The van der Waals surface area contributed by atoms with E-state index in [1.54, 1.807) is 4.68 Å². The highest BCUT2D eigenvalue weighted by atomic mass is 16.5. The van der Waals surface area contributed by atoms with Crippen molar-refractivity contribution in [3.63, 3.8) is 0 Å². The van der Waals surface area contributed by atoms with Gasteiger partial charge in [-0.15, -0.1) is 0 Å². The van der Waals surface area contributed by atoms with Gasteiger partial charge >= 0.3 is 0 Å². The molecule has 2 aromatic rings. The Morgan fingerprint density at radius 1 is 1.42 bits per heavy atom. The third-order valence-corrected chi connectivity index (χ3v) is 3.00. The summed E-state index contributed by atoms with van der Waals surface area (Å²) in [6.45, 7) is 6.77. The third-order valence-electron chi connectivity index (χ3n) is 3.00. The summed E-state index contributed by atoms with van der Waals surface area (Å²) in [4.78, 5) is 4.33. The molecule has 0 spiro atoms. The number of hydrogen-bond donors (Lipinski definition) is 1. The Kier molecular flexibility index (Phi) is 3.96. The summed E-state index contributed by atoms with van der Waals surface area (Å²) in [7, 11) is 1.88. The van der Waals surface area contributed by atoms with Gasteiger partial charge in [0.15, 0.2) is 5.82 Å². The zero-order valence-corrected chi connectivity index (χ0v) is 11.7. The van der Waals surface area contributed by atoms with Gasteiger partial charge in [-0.25, -0.2) is 0 Å². The molecule has 0 aliphatic heterocycles. The fourth-order valence-electron chi connectivity index (χ4n) is 1.89. The molecule has 0 saturated heterocycles. The molecule has 0 amide bonds. The smallest absolute Gasteiger partial charge is 0.261 e. The molecule has 2 heterocycles. The molecule has 2 N–H and O–H groups in total. The van der Waals surface area contributed by atoms with Crippen LogP contribution in [0.2, 0.25) is 0 Å². The van der Waals surface area contributed by atoms with Crippen molar-refractivity contribution in [2.24, 2.45) is 12.8 Å². The van der Waals surface area contributed by atoms with E-state index < -0.39 is 0 Å². The summed E-state index contributed by atoms with van der Waals surface area (Å²) in [5, 5.41) is 8.23. The molecule has 0 aromatic carbocycles. The Hall–Kier alpha value is -1.73. The molecule has 7 heteroatoms. The van der Waals surface area contributed by atoms with Crippen molar-refractivity contribution in [3.05, 3.63) is 17.2 Å². The zero-order valence-electron chi connectivity index (χ0n) is 11.7. The van der Waals surface area contributed by atoms with Gasteiger partial charge in [0.25, 0.3) is 5.89 Å². The Morgan fingerprint density at radius 3 is 2.74 bits per heavy atom. The van der Waals surface area contributed by atoms with Crippen LogP contribution in [-0.2, 0) is 11.8 Å². The fraction of sp³-hybridized carbons (Fsp3) is 0.583. The van der Waals surface area contributed by atoms with Crippen LogP contribution in [0, 0.1) is 13.8 Å². The second-order valence-corrected chi connectivity index (χ2v) is 4.39. The molecular weight excluding hydrogens is 246 g/mol. The van der Waals surface area contributed by atoms with Gasteiger partial charge in [-0.1, -0.05) is 5.16 Å². The highest BCUT2D eigenvalue weighted by Gasteiger charge is 2.20. The van der Waals surface area contributed by atoms with E-state index in [0.29, 0.717) is 24.9 Å². The maximum Gasteiger partial charge on any atom is 0.261 e. The van der Waals surface area contributed by atoms with E-state index >= 15 is 0 Å². The first-order chi connectivity index (χ1) is 9.04. The maximum atomic E-state index is 5.92. The molecule has 1 unspecified atom stereocenters. The Balaban J connectivity index is 2.25. The molecule has 7 nitrogen and oxygen atoms in total. The van der Waals surface area contributed by atoms with E-state index in [0.717, 1.165) is 17.0 Å². The van der Waals surface area contributed by atoms with Crippen LogP contribution < -0.4 is 5.73 Å². The molecule has 0 saturated carbocycles. The lowest BCUT2D eigenvalue weighted by Gasteiger charge is -2.05. The molecule has 0 bridgehead atoms. The summed E-state index contributed by atoms with van der Waals surface area (Å²) >= 11 is 0. The molecule has 0 aliphatic rings. The Bertz CT molecular complexity index is 560. The molecule has 1 atom stereocenters. The first-order valence-electron chi connectivity index (χ1n) is 6.22. The van der Waals surface area contributed by atoms with E-state index in [9.17, 15) is 0 Å².